The Morgan fingerprint density at radius 1 is 1.17 bits per heavy atom. The number of carboxylic acids is 1. The Bertz CT molecular complexity index is 1050. The van der Waals surface area contributed by atoms with Crippen molar-refractivity contribution < 1.29 is 29.0 Å². The summed E-state index contributed by atoms with van der Waals surface area (Å²) in [5.74, 6) is -1.58. The monoisotopic (exact) mass is 426 g/mol. The van der Waals surface area contributed by atoms with E-state index >= 15 is 0 Å². The number of thiocarbonyl (C=S) groups is 1. The van der Waals surface area contributed by atoms with Gasteiger partial charge in [0, 0.05) is 5.56 Å². The van der Waals surface area contributed by atoms with Crippen LogP contribution in [0.15, 0.2) is 54.1 Å². The maximum Gasteiger partial charge on any atom is 0.344 e. The highest BCUT2D eigenvalue weighted by Gasteiger charge is 2.34. The largest absolute Gasteiger partial charge is 0.497 e. The number of para-hydroxylation sites is 1. The molecular formula is C21H18N2O6S. The molecule has 1 heterocycles. The van der Waals surface area contributed by atoms with Crippen molar-refractivity contribution in [3.8, 4) is 11.5 Å². The number of carbonyl (C=O) groups excluding carboxylic acids is 2. The number of ether oxygens (including phenoxy) is 2. The molecule has 8 nitrogen and oxygen atoms in total. The third-order valence-electron chi connectivity index (χ3n) is 4.30. The van der Waals surface area contributed by atoms with Crippen molar-refractivity contribution in [3.05, 3.63) is 59.7 Å². The van der Waals surface area contributed by atoms with Gasteiger partial charge in [-0.1, -0.05) is 18.2 Å². The first-order valence-electron chi connectivity index (χ1n) is 8.86. The molecule has 0 spiro atoms. The molecule has 0 unspecified atom stereocenters. The fraction of sp³-hybridized carbons (Fsp3) is 0.143. The van der Waals surface area contributed by atoms with E-state index in [9.17, 15) is 14.4 Å². The second-order valence-corrected chi connectivity index (χ2v) is 6.68. The van der Waals surface area contributed by atoms with Gasteiger partial charge in [-0.15, -0.1) is 0 Å². The minimum atomic E-state index is -1.14. The second kappa shape index (κ2) is 8.75. The minimum Gasteiger partial charge on any atom is -0.497 e. The van der Waals surface area contributed by atoms with Crippen molar-refractivity contribution in [2.75, 3.05) is 12.0 Å². The van der Waals surface area contributed by atoms with Gasteiger partial charge in [-0.3, -0.25) is 19.8 Å². The van der Waals surface area contributed by atoms with E-state index in [2.05, 4.69) is 5.32 Å². The molecule has 1 fully saturated rings. The summed E-state index contributed by atoms with van der Waals surface area (Å²) in [6, 6.07) is 13.1. The van der Waals surface area contributed by atoms with Gasteiger partial charge in [0.05, 0.1) is 12.8 Å². The average molecular weight is 426 g/mol. The maximum absolute atomic E-state index is 13.1. The number of anilines is 1. The number of aliphatic carboxylic acids is 1. The molecule has 9 heteroatoms. The Hall–Kier alpha value is -3.72. The third-order valence-corrected chi connectivity index (χ3v) is 4.59. The topological polar surface area (TPSA) is 105 Å². The molecule has 3 rings (SSSR count). The number of hydrogen-bond donors (Lipinski definition) is 2. The number of nitrogens with zero attached hydrogens (tertiary/aromatic N) is 1. The van der Waals surface area contributed by atoms with Gasteiger partial charge in [-0.2, -0.15) is 0 Å². The molecule has 0 bridgehead atoms. The number of benzene rings is 2. The van der Waals surface area contributed by atoms with Crippen LogP contribution in [0.3, 0.4) is 0 Å². The van der Waals surface area contributed by atoms with Crippen molar-refractivity contribution in [3.63, 3.8) is 0 Å². The van der Waals surface area contributed by atoms with E-state index in [0.29, 0.717) is 17.0 Å². The van der Waals surface area contributed by atoms with Gasteiger partial charge in [-0.25, -0.2) is 4.79 Å². The zero-order valence-corrected chi connectivity index (χ0v) is 16.9. The van der Waals surface area contributed by atoms with Crippen molar-refractivity contribution in [1.82, 2.24) is 5.32 Å². The lowest BCUT2D eigenvalue weighted by Gasteiger charge is -2.29. The van der Waals surface area contributed by atoms with Gasteiger partial charge in [0.2, 0.25) is 0 Å². The van der Waals surface area contributed by atoms with E-state index < -0.39 is 23.9 Å². The smallest absolute Gasteiger partial charge is 0.344 e. The van der Waals surface area contributed by atoms with E-state index in [1.54, 1.807) is 48.5 Å². The molecule has 1 aliphatic rings. The third kappa shape index (κ3) is 4.31. The molecule has 2 aromatic rings. The van der Waals surface area contributed by atoms with Crippen LogP contribution in [-0.4, -0.2) is 41.2 Å². The van der Waals surface area contributed by atoms with Gasteiger partial charge in [0.1, 0.15) is 17.1 Å². The Morgan fingerprint density at radius 3 is 2.47 bits per heavy atom. The van der Waals surface area contributed by atoms with Gasteiger partial charge in [-0.05, 0) is 55.5 Å². The molecule has 0 aromatic heterocycles. The summed E-state index contributed by atoms with van der Waals surface area (Å²) in [6.45, 7) is 1.38. The summed E-state index contributed by atoms with van der Waals surface area (Å²) in [5, 5.41) is 11.5. The molecule has 2 amide bonds. The summed E-state index contributed by atoms with van der Waals surface area (Å²) in [6.07, 6.45) is 0.240. The van der Waals surface area contributed by atoms with Crippen LogP contribution in [0.25, 0.3) is 6.08 Å². The Balaban J connectivity index is 1.98. The number of nitrogens with one attached hydrogen (secondary N) is 1. The summed E-state index contributed by atoms with van der Waals surface area (Å²) in [7, 11) is 1.53. The number of carboxylic acid groups (broad SMARTS) is 1. The van der Waals surface area contributed by atoms with Crippen LogP contribution < -0.4 is 19.7 Å². The van der Waals surface area contributed by atoms with Crippen LogP contribution in [0.4, 0.5) is 5.69 Å². The highest BCUT2D eigenvalue weighted by molar-refractivity contribution is 7.80. The van der Waals surface area contributed by atoms with Gasteiger partial charge < -0.3 is 14.6 Å². The highest BCUT2D eigenvalue weighted by atomic mass is 32.1. The number of methoxy groups -OCH3 is 1. The van der Waals surface area contributed by atoms with E-state index in [1.165, 1.54) is 25.0 Å². The first kappa shape index (κ1) is 21.0. The van der Waals surface area contributed by atoms with Crippen molar-refractivity contribution in [2.24, 2.45) is 0 Å². The van der Waals surface area contributed by atoms with Crippen LogP contribution in [0.1, 0.15) is 12.5 Å². The lowest BCUT2D eigenvalue weighted by molar-refractivity contribution is -0.144. The van der Waals surface area contributed by atoms with Gasteiger partial charge >= 0.3 is 5.97 Å². The van der Waals surface area contributed by atoms with E-state index in [1.807, 2.05) is 0 Å². The second-order valence-electron chi connectivity index (χ2n) is 6.29. The Kier molecular flexibility index (Phi) is 6.12. The molecule has 1 saturated heterocycles. The van der Waals surface area contributed by atoms with Crippen LogP contribution in [0.5, 0.6) is 11.5 Å². The normalized spacial score (nSPS) is 16.3. The molecule has 2 aromatic carbocycles. The molecule has 0 aliphatic carbocycles. The van der Waals surface area contributed by atoms with Crippen LogP contribution >= 0.6 is 12.2 Å². The van der Waals surface area contributed by atoms with Crippen LogP contribution in [0, 0.1) is 0 Å². The van der Waals surface area contributed by atoms with Gasteiger partial charge in [0.25, 0.3) is 11.8 Å². The Morgan fingerprint density at radius 2 is 1.83 bits per heavy atom. The molecule has 2 N–H and O–H groups in total. The zero-order valence-electron chi connectivity index (χ0n) is 16.1. The lowest BCUT2D eigenvalue weighted by Crippen LogP contribution is -2.54. The molecule has 154 valence electrons. The molecule has 0 saturated carbocycles. The molecular weight excluding hydrogens is 408 g/mol. The van der Waals surface area contributed by atoms with Gasteiger partial charge in [0.15, 0.2) is 11.2 Å². The predicted molar refractivity (Wildman–Crippen MR) is 113 cm³/mol. The van der Waals surface area contributed by atoms with Crippen molar-refractivity contribution in [2.45, 2.75) is 13.0 Å². The minimum absolute atomic E-state index is 0.0450. The SMILES string of the molecule is COc1ccc(N2C(=O)/C(=C/c3ccccc3O[C@H](C)C(=O)O)C(=O)NC2=S)cc1. The number of hydrogen-bond acceptors (Lipinski definition) is 6. The van der Waals surface area contributed by atoms with E-state index in [-0.39, 0.29) is 16.4 Å². The predicted octanol–water partition coefficient (Wildman–Crippen LogP) is 2.38. The average Bonchev–Trinajstić information content (AvgIpc) is 2.72. The summed E-state index contributed by atoms with van der Waals surface area (Å²) >= 11 is 5.18. The van der Waals surface area contributed by atoms with Crippen LogP contribution in [0.2, 0.25) is 0 Å². The standard InChI is InChI=1S/C21H18N2O6S/c1-12(20(26)27)29-17-6-4-3-5-13(17)11-16-18(24)22-21(30)23(19(16)25)14-7-9-15(28-2)10-8-14/h3-12H,1-2H3,(H,26,27)(H,22,24,30)/b16-11+/t12-/m1/s1. The maximum atomic E-state index is 13.1. The Labute approximate surface area is 177 Å². The molecule has 1 aliphatic heterocycles. The molecule has 30 heavy (non-hydrogen) atoms. The van der Waals surface area contributed by atoms with E-state index in [4.69, 9.17) is 26.8 Å². The van der Waals surface area contributed by atoms with Crippen LogP contribution in [-0.2, 0) is 14.4 Å². The summed E-state index contributed by atoms with van der Waals surface area (Å²) < 4.78 is 10.6. The fourth-order valence-electron chi connectivity index (χ4n) is 2.73. The quantitative estimate of drug-likeness (QED) is 0.415. The number of amides is 2. The number of rotatable bonds is 6. The molecule has 1 atom stereocenters. The van der Waals surface area contributed by atoms with Crippen molar-refractivity contribution >= 4 is 46.9 Å². The summed E-state index contributed by atoms with van der Waals surface area (Å²) in [4.78, 5) is 37.9. The zero-order chi connectivity index (χ0) is 21.8. The number of carbonyl (C=O) groups is 3. The highest BCUT2D eigenvalue weighted by Crippen LogP contribution is 2.27. The lowest BCUT2D eigenvalue weighted by atomic mass is 10.1. The summed E-state index contributed by atoms with van der Waals surface area (Å²) in [5.41, 5.74) is 0.672. The van der Waals surface area contributed by atoms with E-state index in [0.717, 1.165) is 0 Å². The first-order chi connectivity index (χ1) is 14.3. The first-order valence-corrected chi connectivity index (χ1v) is 9.26. The fourth-order valence-corrected chi connectivity index (χ4v) is 3.01. The van der Waals surface area contributed by atoms with Crippen molar-refractivity contribution in [1.29, 1.82) is 0 Å². The molecule has 0 radical (unpaired) electrons.